The molecule has 0 saturated carbocycles. The van der Waals surface area contributed by atoms with Gasteiger partial charge in [-0.15, -0.1) is 12.4 Å². The second kappa shape index (κ2) is 8.41. The zero-order valence-corrected chi connectivity index (χ0v) is 14.2. The molecule has 2 aromatic rings. The van der Waals surface area contributed by atoms with Crippen LogP contribution in [0.1, 0.15) is 34.0 Å². The fraction of sp³-hybridized carbons (Fsp3) is 0.0952. The molecule has 0 aliphatic heterocycles. The average molecular weight is 353 g/mol. The van der Waals surface area contributed by atoms with Crippen LogP contribution < -0.4 is 0 Å². The predicted octanol–water partition coefficient (Wildman–Crippen LogP) is 4.13. The SMILES string of the molecule is Cl.O=C=C1C=CC(c2ccc(C(=O)C(O)c3ccccc3)cc2)=CC1. The van der Waals surface area contributed by atoms with Gasteiger partial charge in [-0.3, -0.25) is 4.79 Å². The van der Waals surface area contributed by atoms with E-state index in [0.717, 1.165) is 11.1 Å². The second-order valence-electron chi connectivity index (χ2n) is 5.58. The van der Waals surface area contributed by atoms with Crippen LogP contribution in [0.5, 0.6) is 0 Å². The number of aliphatic hydroxyl groups is 1. The van der Waals surface area contributed by atoms with Crippen molar-refractivity contribution in [2.24, 2.45) is 0 Å². The molecule has 3 rings (SSSR count). The van der Waals surface area contributed by atoms with E-state index < -0.39 is 6.10 Å². The van der Waals surface area contributed by atoms with Gasteiger partial charge >= 0.3 is 0 Å². The monoisotopic (exact) mass is 352 g/mol. The number of rotatable bonds is 4. The van der Waals surface area contributed by atoms with E-state index in [2.05, 4.69) is 0 Å². The maximum Gasteiger partial charge on any atom is 0.195 e. The zero-order valence-electron chi connectivity index (χ0n) is 13.4. The number of carbonyl (C=O) groups is 1. The molecule has 3 nitrogen and oxygen atoms in total. The van der Waals surface area contributed by atoms with Gasteiger partial charge in [0.15, 0.2) is 5.78 Å². The summed E-state index contributed by atoms with van der Waals surface area (Å²) in [7, 11) is 0. The van der Waals surface area contributed by atoms with Crippen LogP contribution in [0.15, 0.2) is 78.4 Å². The molecule has 0 aromatic heterocycles. The molecule has 1 aliphatic rings. The predicted molar refractivity (Wildman–Crippen MR) is 100 cm³/mol. The molecule has 1 atom stereocenters. The van der Waals surface area contributed by atoms with Gasteiger partial charge in [-0.05, 0) is 22.8 Å². The van der Waals surface area contributed by atoms with E-state index in [1.165, 1.54) is 0 Å². The number of hydrogen-bond donors (Lipinski definition) is 1. The van der Waals surface area contributed by atoms with Crippen molar-refractivity contribution in [3.05, 3.63) is 95.1 Å². The van der Waals surface area contributed by atoms with Gasteiger partial charge in [0.1, 0.15) is 12.0 Å². The van der Waals surface area contributed by atoms with E-state index in [9.17, 15) is 14.7 Å². The van der Waals surface area contributed by atoms with E-state index in [1.54, 1.807) is 42.5 Å². The van der Waals surface area contributed by atoms with Gasteiger partial charge in [0.2, 0.25) is 0 Å². The highest BCUT2D eigenvalue weighted by Gasteiger charge is 2.19. The van der Waals surface area contributed by atoms with Crippen LogP contribution in [0.3, 0.4) is 0 Å². The molecule has 0 spiro atoms. The molecule has 0 amide bonds. The number of benzene rings is 2. The molecule has 126 valence electrons. The molecule has 0 bridgehead atoms. The lowest BCUT2D eigenvalue weighted by molar-refractivity contribution is 0.0747. The summed E-state index contributed by atoms with van der Waals surface area (Å²) in [5, 5.41) is 10.2. The van der Waals surface area contributed by atoms with Crippen LogP contribution >= 0.6 is 12.4 Å². The minimum Gasteiger partial charge on any atom is -0.380 e. The molecule has 1 N–H and O–H groups in total. The number of hydrogen-bond acceptors (Lipinski definition) is 3. The van der Waals surface area contributed by atoms with Crippen molar-refractivity contribution in [3.8, 4) is 0 Å². The van der Waals surface area contributed by atoms with Crippen LogP contribution in [0, 0.1) is 0 Å². The first kappa shape index (κ1) is 18.6. The Balaban J connectivity index is 0.00000225. The molecule has 4 heteroatoms. The van der Waals surface area contributed by atoms with Crippen LogP contribution in [0.25, 0.3) is 5.57 Å². The highest BCUT2D eigenvalue weighted by atomic mass is 35.5. The van der Waals surface area contributed by atoms with Gasteiger partial charge < -0.3 is 5.11 Å². The van der Waals surface area contributed by atoms with E-state index in [4.69, 9.17) is 0 Å². The fourth-order valence-electron chi connectivity index (χ4n) is 2.61. The largest absolute Gasteiger partial charge is 0.380 e. The highest BCUT2D eigenvalue weighted by Crippen LogP contribution is 2.24. The fourth-order valence-corrected chi connectivity index (χ4v) is 2.61. The summed E-state index contributed by atoms with van der Waals surface area (Å²) in [6.07, 6.45) is 4.96. The maximum atomic E-state index is 12.4. The number of halogens is 1. The normalized spacial score (nSPS) is 14.1. The Morgan fingerprint density at radius 1 is 1.00 bits per heavy atom. The van der Waals surface area contributed by atoms with Crippen LogP contribution in [0.4, 0.5) is 0 Å². The number of Topliss-reactive ketones (excluding diaryl/α,β-unsaturated/α-hetero) is 1. The third-order valence-corrected chi connectivity index (χ3v) is 4.00. The topological polar surface area (TPSA) is 54.4 Å². The second-order valence-corrected chi connectivity index (χ2v) is 5.58. The van der Waals surface area contributed by atoms with Gasteiger partial charge in [0, 0.05) is 17.6 Å². The minimum atomic E-state index is -1.16. The molecular weight excluding hydrogens is 336 g/mol. The van der Waals surface area contributed by atoms with Crippen molar-refractivity contribution in [2.45, 2.75) is 12.5 Å². The van der Waals surface area contributed by atoms with Crippen LogP contribution in [-0.2, 0) is 4.79 Å². The van der Waals surface area contributed by atoms with Gasteiger partial charge in [0.05, 0.1) is 0 Å². The quantitative estimate of drug-likeness (QED) is 0.665. The maximum absolute atomic E-state index is 12.4. The van der Waals surface area contributed by atoms with Crippen LogP contribution in [0.2, 0.25) is 0 Å². The Kier molecular flexibility index (Phi) is 6.26. The number of ketones is 1. The summed E-state index contributed by atoms with van der Waals surface area (Å²) in [5.74, 6) is 1.56. The van der Waals surface area contributed by atoms with Crippen molar-refractivity contribution in [3.63, 3.8) is 0 Å². The van der Waals surface area contributed by atoms with Gasteiger partial charge in [0.25, 0.3) is 0 Å². The lowest BCUT2D eigenvalue weighted by Crippen LogP contribution is -2.12. The van der Waals surface area contributed by atoms with Crippen LogP contribution in [-0.4, -0.2) is 16.8 Å². The first-order valence-electron chi connectivity index (χ1n) is 7.69. The summed E-state index contributed by atoms with van der Waals surface area (Å²) in [6, 6.07) is 16.0. The van der Waals surface area contributed by atoms with E-state index in [-0.39, 0.29) is 18.2 Å². The van der Waals surface area contributed by atoms with Crippen molar-refractivity contribution >= 4 is 29.7 Å². The number of allylic oxidation sites excluding steroid dienone is 5. The smallest absolute Gasteiger partial charge is 0.195 e. The van der Waals surface area contributed by atoms with Gasteiger partial charge in [-0.2, -0.15) is 0 Å². The molecule has 0 radical (unpaired) electrons. The standard InChI is InChI=1S/C21H16O3.ClH/c22-14-15-6-8-16(9-7-15)17-10-12-19(13-11-17)21(24)20(23)18-4-2-1-3-5-18;/h1-6,8-13,20,23H,7H2;1H. The highest BCUT2D eigenvalue weighted by molar-refractivity contribution is 6.00. The lowest BCUT2D eigenvalue weighted by atomic mass is 9.95. The van der Waals surface area contributed by atoms with Crippen molar-refractivity contribution in [2.75, 3.05) is 0 Å². The van der Waals surface area contributed by atoms with E-state index in [0.29, 0.717) is 23.1 Å². The third-order valence-electron chi connectivity index (χ3n) is 4.00. The first-order chi connectivity index (χ1) is 11.7. The molecule has 2 aromatic carbocycles. The number of aliphatic hydroxyl groups excluding tert-OH is 1. The molecule has 25 heavy (non-hydrogen) atoms. The third kappa shape index (κ3) is 4.23. The minimum absolute atomic E-state index is 0. The Morgan fingerprint density at radius 2 is 1.68 bits per heavy atom. The molecule has 1 unspecified atom stereocenters. The summed E-state index contributed by atoms with van der Waals surface area (Å²) in [4.78, 5) is 23.0. The first-order valence-corrected chi connectivity index (χ1v) is 7.69. The van der Waals surface area contributed by atoms with Gasteiger partial charge in [-0.25, -0.2) is 4.79 Å². The number of carbonyl (C=O) groups excluding carboxylic acids is 2. The Morgan fingerprint density at radius 3 is 2.24 bits per heavy atom. The molecule has 0 fully saturated rings. The van der Waals surface area contributed by atoms with Gasteiger partial charge in [-0.1, -0.05) is 66.7 Å². The molecule has 1 aliphatic carbocycles. The molecule has 0 heterocycles. The summed E-state index contributed by atoms with van der Waals surface area (Å²) < 4.78 is 0. The van der Waals surface area contributed by atoms with Crippen molar-refractivity contribution in [1.29, 1.82) is 0 Å². The molecular formula is C21H17ClO3. The molecule has 0 saturated heterocycles. The Hall–Kier alpha value is -2.71. The summed E-state index contributed by atoms with van der Waals surface area (Å²) in [6.45, 7) is 0. The van der Waals surface area contributed by atoms with Crippen molar-refractivity contribution in [1.82, 2.24) is 0 Å². The zero-order chi connectivity index (χ0) is 16.9. The Labute approximate surface area is 152 Å². The summed E-state index contributed by atoms with van der Waals surface area (Å²) >= 11 is 0. The average Bonchev–Trinajstić information content (AvgIpc) is 2.68. The summed E-state index contributed by atoms with van der Waals surface area (Å²) in [5.41, 5.74) is 3.62. The lowest BCUT2D eigenvalue weighted by Gasteiger charge is -2.11. The van der Waals surface area contributed by atoms with E-state index >= 15 is 0 Å². The van der Waals surface area contributed by atoms with E-state index in [1.807, 2.05) is 36.3 Å². The Bertz CT molecular complexity index is 858. The van der Waals surface area contributed by atoms with Crippen molar-refractivity contribution < 1.29 is 14.7 Å².